The lowest BCUT2D eigenvalue weighted by atomic mass is 9.96. The third-order valence-electron chi connectivity index (χ3n) is 7.64. The third kappa shape index (κ3) is 7.39. The molecule has 0 saturated heterocycles. The van der Waals surface area contributed by atoms with Crippen LogP contribution in [0.1, 0.15) is 49.2 Å². The predicted octanol–water partition coefficient (Wildman–Crippen LogP) is 4.61. The normalized spacial score (nSPS) is 18.3. The van der Waals surface area contributed by atoms with Gasteiger partial charge in [0.05, 0.1) is 23.8 Å². The van der Waals surface area contributed by atoms with Gasteiger partial charge in [0.25, 0.3) is 11.8 Å². The van der Waals surface area contributed by atoms with E-state index >= 15 is 0 Å². The van der Waals surface area contributed by atoms with Crippen molar-refractivity contribution in [3.63, 3.8) is 0 Å². The third-order valence-corrected chi connectivity index (χ3v) is 8.84. The number of ketones is 1. The Morgan fingerprint density at radius 3 is 2.29 bits per heavy atom. The van der Waals surface area contributed by atoms with Crippen LogP contribution in [-0.4, -0.2) is 73.3 Å². The van der Waals surface area contributed by atoms with Crippen molar-refractivity contribution < 1.29 is 19.2 Å². The van der Waals surface area contributed by atoms with E-state index in [1.165, 1.54) is 27.8 Å². The van der Waals surface area contributed by atoms with Crippen LogP contribution in [0.3, 0.4) is 0 Å². The number of hydrogen-bond donors (Lipinski definition) is 1. The second-order valence-electron chi connectivity index (χ2n) is 12.1. The van der Waals surface area contributed by atoms with Crippen molar-refractivity contribution in [2.75, 3.05) is 13.1 Å². The SMILES string of the molecule is CC(C)C1C(=O)N(CC(=O)N[C@@H](Cc2ccccc2)C(=O)C2=NCC(C)(C)S2)C(c2ccccc2)=CN1C(=O)c1cccnc1. The van der Waals surface area contributed by atoms with Crippen LogP contribution in [0.4, 0.5) is 0 Å². The number of pyridine rings is 1. The largest absolute Gasteiger partial charge is 0.344 e. The number of amides is 3. The molecule has 2 aliphatic rings. The number of Topliss-reactive ketones (excluding diaryl/α,β-unsaturated/α-hetero) is 1. The molecule has 3 amide bonds. The van der Waals surface area contributed by atoms with E-state index < -0.39 is 18.0 Å². The van der Waals surface area contributed by atoms with Crippen molar-refractivity contribution in [3.8, 4) is 0 Å². The van der Waals surface area contributed by atoms with Crippen molar-refractivity contribution >= 4 is 46.0 Å². The number of hydrogen-bond acceptors (Lipinski definition) is 7. The van der Waals surface area contributed by atoms with Gasteiger partial charge in [0.1, 0.15) is 17.6 Å². The molecule has 0 aliphatic carbocycles. The molecule has 0 saturated carbocycles. The van der Waals surface area contributed by atoms with Gasteiger partial charge in [-0.05, 0) is 43.0 Å². The van der Waals surface area contributed by atoms with Gasteiger partial charge in [0, 0.05) is 29.8 Å². The zero-order valence-corrected chi connectivity index (χ0v) is 26.7. The summed E-state index contributed by atoms with van der Waals surface area (Å²) in [4.78, 5) is 66.8. The second-order valence-corrected chi connectivity index (χ2v) is 13.8. The number of aliphatic imine (C=N–C) groups is 1. The van der Waals surface area contributed by atoms with Crippen LogP contribution in [0.5, 0.6) is 0 Å². The minimum atomic E-state index is -0.867. The highest BCUT2D eigenvalue weighted by molar-refractivity contribution is 8.17. The molecule has 0 radical (unpaired) electrons. The Bertz CT molecular complexity index is 1620. The van der Waals surface area contributed by atoms with E-state index in [2.05, 4.69) is 15.3 Å². The molecule has 45 heavy (non-hydrogen) atoms. The summed E-state index contributed by atoms with van der Waals surface area (Å²) in [5.41, 5.74) is 2.32. The standard InChI is InChI=1S/C35H37N5O4S/c1-23(2)30-34(44)39(28(25-14-9-6-10-15-25)20-40(30)33(43)26-16-11-17-36-19-26)21-29(41)38-27(18-24-12-7-5-8-13-24)31(42)32-37-22-35(3,4)45-32/h5-17,19-20,23,27,30H,18,21-22H2,1-4H3,(H,38,41)/t27-,30?/m0/s1. The lowest BCUT2D eigenvalue weighted by Gasteiger charge is -2.41. The molecule has 2 aromatic carbocycles. The molecule has 1 aromatic heterocycles. The number of thioether (sulfide) groups is 1. The van der Waals surface area contributed by atoms with Gasteiger partial charge >= 0.3 is 0 Å². The fourth-order valence-electron chi connectivity index (χ4n) is 5.42. The quantitative estimate of drug-likeness (QED) is 0.353. The molecule has 2 atom stereocenters. The van der Waals surface area contributed by atoms with Gasteiger partial charge in [-0.2, -0.15) is 0 Å². The first-order valence-corrected chi connectivity index (χ1v) is 15.8. The van der Waals surface area contributed by atoms with Crippen LogP contribution < -0.4 is 5.32 Å². The molecule has 1 N–H and O–H groups in total. The Hall–Kier alpha value is -4.57. The molecule has 2 aliphatic heterocycles. The van der Waals surface area contributed by atoms with Crippen molar-refractivity contribution in [1.82, 2.24) is 20.1 Å². The molecule has 1 unspecified atom stereocenters. The monoisotopic (exact) mass is 623 g/mol. The lowest BCUT2D eigenvalue weighted by molar-refractivity contribution is -0.138. The van der Waals surface area contributed by atoms with Crippen LogP contribution in [0, 0.1) is 5.92 Å². The topological polar surface area (TPSA) is 112 Å². The van der Waals surface area contributed by atoms with Gasteiger partial charge in [-0.3, -0.25) is 34.1 Å². The summed E-state index contributed by atoms with van der Waals surface area (Å²) in [6.07, 6.45) is 4.97. The number of nitrogens with zero attached hydrogens (tertiary/aromatic N) is 4. The van der Waals surface area contributed by atoms with E-state index in [-0.39, 0.29) is 41.2 Å². The van der Waals surface area contributed by atoms with Crippen molar-refractivity contribution in [3.05, 3.63) is 108 Å². The first-order chi connectivity index (χ1) is 21.5. The second kappa shape index (κ2) is 13.6. The van der Waals surface area contributed by atoms with Gasteiger partial charge in [0.15, 0.2) is 0 Å². The molecule has 9 nitrogen and oxygen atoms in total. The maximum absolute atomic E-state index is 14.2. The average molecular weight is 624 g/mol. The van der Waals surface area contributed by atoms with Crippen LogP contribution in [0.2, 0.25) is 0 Å². The number of carbonyl (C=O) groups is 4. The van der Waals surface area contributed by atoms with Crippen LogP contribution in [0.25, 0.3) is 5.70 Å². The molecular formula is C35H37N5O4S. The Kier molecular flexibility index (Phi) is 9.63. The fraction of sp³-hybridized carbons (Fsp3) is 0.314. The summed E-state index contributed by atoms with van der Waals surface area (Å²) in [5.74, 6) is -1.75. The zero-order valence-electron chi connectivity index (χ0n) is 25.8. The van der Waals surface area contributed by atoms with Crippen LogP contribution >= 0.6 is 11.8 Å². The summed E-state index contributed by atoms with van der Waals surface area (Å²) in [6.45, 7) is 7.96. The number of aromatic nitrogens is 1. The molecule has 232 valence electrons. The van der Waals surface area contributed by atoms with Crippen molar-refractivity contribution in [2.24, 2.45) is 10.9 Å². The Morgan fingerprint density at radius 1 is 1.00 bits per heavy atom. The summed E-state index contributed by atoms with van der Waals surface area (Å²) in [7, 11) is 0. The molecule has 10 heteroatoms. The molecule has 3 aromatic rings. The smallest absolute Gasteiger partial charge is 0.260 e. The fourth-order valence-corrected chi connectivity index (χ4v) is 6.44. The van der Waals surface area contributed by atoms with Gasteiger partial charge in [0.2, 0.25) is 11.7 Å². The minimum Gasteiger partial charge on any atom is -0.344 e. The lowest BCUT2D eigenvalue weighted by Crippen LogP contribution is -2.57. The van der Waals surface area contributed by atoms with E-state index in [1.54, 1.807) is 24.5 Å². The number of carbonyl (C=O) groups excluding carboxylic acids is 4. The van der Waals surface area contributed by atoms with Gasteiger partial charge in [-0.1, -0.05) is 86.3 Å². The summed E-state index contributed by atoms with van der Waals surface area (Å²) >= 11 is 1.41. The molecule has 3 heterocycles. The molecular weight excluding hydrogens is 586 g/mol. The van der Waals surface area contributed by atoms with Gasteiger partial charge < -0.3 is 10.2 Å². The van der Waals surface area contributed by atoms with Crippen LogP contribution in [-0.2, 0) is 20.8 Å². The van der Waals surface area contributed by atoms with Crippen molar-refractivity contribution in [1.29, 1.82) is 0 Å². The molecule has 0 spiro atoms. The number of rotatable bonds is 10. The highest BCUT2D eigenvalue weighted by Gasteiger charge is 2.42. The van der Waals surface area contributed by atoms with E-state index in [9.17, 15) is 19.2 Å². The molecule has 0 fully saturated rings. The van der Waals surface area contributed by atoms with Gasteiger partial charge in [-0.15, -0.1) is 0 Å². The average Bonchev–Trinajstić information content (AvgIpc) is 3.41. The molecule has 0 bridgehead atoms. The summed E-state index contributed by atoms with van der Waals surface area (Å²) < 4.78 is -0.202. The minimum absolute atomic E-state index is 0.202. The Balaban J connectivity index is 1.46. The first kappa shape index (κ1) is 31.8. The summed E-state index contributed by atoms with van der Waals surface area (Å²) in [6, 6.07) is 20.3. The highest BCUT2D eigenvalue weighted by Crippen LogP contribution is 2.33. The first-order valence-electron chi connectivity index (χ1n) is 15.0. The van der Waals surface area contributed by atoms with E-state index in [0.29, 0.717) is 28.4 Å². The zero-order chi connectivity index (χ0) is 32.1. The molecule has 5 rings (SSSR count). The van der Waals surface area contributed by atoms with Gasteiger partial charge in [-0.25, -0.2) is 0 Å². The summed E-state index contributed by atoms with van der Waals surface area (Å²) in [5, 5.41) is 3.31. The maximum Gasteiger partial charge on any atom is 0.260 e. The maximum atomic E-state index is 14.2. The number of nitrogens with one attached hydrogen (secondary N) is 1. The van der Waals surface area contributed by atoms with Crippen LogP contribution in [0.15, 0.2) is 96.4 Å². The Morgan fingerprint density at radius 2 is 1.69 bits per heavy atom. The Labute approximate surface area is 267 Å². The van der Waals surface area contributed by atoms with E-state index in [1.807, 2.05) is 88.4 Å². The van der Waals surface area contributed by atoms with Crippen molar-refractivity contribution in [2.45, 2.75) is 50.9 Å². The highest BCUT2D eigenvalue weighted by atomic mass is 32.2. The van der Waals surface area contributed by atoms with E-state index in [4.69, 9.17) is 0 Å². The predicted molar refractivity (Wildman–Crippen MR) is 176 cm³/mol. The van der Waals surface area contributed by atoms with E-state index in [0.717, 1.165) is 5.56 Å². The number of benzene rings is 2.